The summed E-state index contributed by atoms with van der Waals surface area (Å²) in [7, 11) is 0. The molecular weight excluding hydrogens is 224 g/mol. The molecule has 5 nitrogen and oxygen atoms in total. The molecule has 0 aliphatic carbocycles. The van der Waals surface area contributed by atoms with Gasteiger partial charge in [-0.05, 0) is 12.1 Å². The first-order valence-corrected chi connectivity index (χ1v) is 5.06. The van der Waals surface area contributed by atoms with Crippen LogP contribution in [0.1, 0.15) is 11.4 Å². The summed E-state index contributed by atoms with van der Waals surface area (Å²) in [5.74, 6) is 0.702. The Kier molecular flexibility index (Phi) is 3.11. The zero-order chi connectivity index (χ0) is 11.4. The predicted octanol–water partition coefficient (Wildman–Crippen LogP) is 1.32. The first-order chi connectivity index (χ1) is 7.75. The van der Waals surface area contributed by atoms with Crippen molar-refractivity contribution in [3.05, 3.63) is 41.9 Å². The van der Waals surface area contributed by atoms with Crippen LogP contribution >= 0.6 is 12.2 Å². The Bertz CT molecular complexity index is 483. The Balaban J connectivity index is 2.04. The van der Waals surface area contributed by atoms with Gasteiger partial charge in [-0.3, -0.25) is 0 Å². The normalized spacial score (nSPS) is 10.0. The third kappa shape index (κ3) is 2.54. The molecule has 0 fully saturated rings. The third-order valence-electron chi connectivity index (χ3n) is 1.94. The topological polar surface area (TPSA) is 77.0 Å². The van der Waals surface area contributed by atoms with Crippen molar-refractivity contribution in [2.45, 2.75) is 6.54 Å². The van der Waals surface area contributed by atoms with Crippen LogP contribution in [0.2, 0.25) is 0 Å². The summed E-state index contributed by atoms with van der Waals surface area (Å²) in [5.41, 5.74) is 6.89. The maximum atomic E-state index is 5.49. The van der Waals surface area contributed by atoms with Crippen molar-refractivity contribution in [3.8, 4) is 0 Å². The second kappa shape index (κ2) is 4.71. The van der Waals surface area contributed by atoms with Crippen molar-refractivity contribution < 1.29 is 4.52 Å². The van der Waals surface area contributed by atoms with Gasteiger partial charge in [0.1, 0.15) is 22.8 Å². The van der Waals surface area contributed by atoms with Crippen molar-refractivity contribution in [2.24, 2.45) is 5.73 Å². The highest BCUT2D eigenvalue weighted by Crippen LogP contribution is 2.06. The van der Waals surface area contributed by atoms with Gasteiger partial charge in [-0.2, -0.15) is 0 Å². The summed E-state index contributed by atoms with van der Waals surface area (Å²) in [4.78, 5) is 4.52. The highest BCUT2D eigenvalue weighted by molar-refractivity contribution is 7.80. The predicted molar refractivity (Wildman–Crippen MR) is 64.0 cm³/mol. The molecule has 2 rings (SSSR count). The molecule has 0 bridgehead atoms. The van der Waals surface area contributed by atoms with Crippen LogP contribution in [0.15, 0.2) is 35.1 Å². The average Bonchev–Trinajstić information content (AvgIpc) is 2.79. The van der Waals surface area contributed by atoms with Gasteiger partial charge in [0, 0.05) is 6.07 Å². The van der Waals surface area contributed by atoms with Crippen molar-refractivity contribution in [1.29, 1.82) is 0 Å². The van der Waals surface area contributed by atoms with Gasteiger partial charge in [-0.1, -0.05) is 23.4 Å². The fraction of sp³-hybridized carbons (Fsp3) is 0.100. The van der Waals surface area contributed by atoms with Gasteiger partial charge in [0.15, 0.2) is 0 Å². The number of hydrogen-bond donors (Lipinski definition) is 2. The number of pyridine rings is 1. The van der Waals surface area contributed by atoms with Crippen LogP contribution in [-0.4, -0.2) is 15.1 Å². The molecular formula is C10H10N4OS. The van der Waals surface area contributed by atoms with Gasteiger partial charge < -0.3 is 15.6 Å². The Hall–Kier alpha value is -1.95. The number of nitrogens with one attached hydrogen (secondary N) is 1. The van der Waals surface area contributed by atoms with E-state index in [-0.39, 0.29) is 4.99 Å². The fourth-order valence-corrected chi connectivity index (χ4v) is 1.29. The number of hydrogen-bond acceptors (Lipinski definition) is 5. The van der Waals surface area contributed by atoms with E-state index in [4.69, 9.17) is 22.5 Å². The number of nitrogens with zero attached hydrogens (tertiary/aromatic N) is 2. The van der Waals surface area contributed by atoms with Crippen molar-refractivity contribution in [3.63, 3.8) is 0 Å². The molecule has 0 unspecified atom stereocenters. The molecule has 0 saturated carbocycles. The van der Waals surface area contributed by atoms with Crippen LogP contribution in [0.4, 0.5) is 5.82 Å². The summed E-state index contributed by atoms with van der Waals surface area (Å²) >= 11 is 4.85. The molecule has 6 heteroatoms. The van der Waals surface area contributed by atoms with Gasteiger partial charge in [0.25, 0.3) is 0 Å². The molecule has 0 aliphatic rings. The van der Waals surface area contributed by atoms with Gasteiger partial charge >= 0.3 is 0 Å². The minimum Gasteiger partial charge on any atom is -0.388 e. The SMILES string of the molecule is NC(=S)c1cccc(NCc2ccon2)n1. The summed E-state index contributed by atoms with van der Waals surface area (Å²) in [6.07, 6.45) is 1.52. The lowest BCUT2D eigenvalue weighted by Gasteiger charge is -2.04. The van der Waals surface area contributed by atoms with Crippen LogP contribution in [0.3, 0.4) is 0 Å². The second-order valence-electron chi connectivity index (χ2n) is 3.12. The maximum Gasteiger partial charge on any atom is 0.127 e. The van der Waals surface area contributed by atoms with Gasteiger partial charge in [0.2, 0.25) is 0 Å². The molecule has 82 valence electrons. The first kappa shape index (κ1) is 10.6. The lowest BCUT2D eigenvalue weighted by Crippen LogP contribution is -2.12. The van der Waals surface area contributed by atoms with Crippen LogP contribution < -0.4 is 11.1 Å². The lowest BCUT2D eigenvalue weighted by atomic mass is 10.3. The van der Waals surface area contributed by atoms with Gasteiger partial charge in [0.05, 0.1) is 12.2 Å². The van der Waals surface area contributed by atoms with E-state index in [0.29, 0.717) is 18.1 Å². The summed E-state index contributed by atoms with van der Waals surface area (Å²) in [6, 6.07) is 7.22. The molecule has 2 aromatic heterocycles. The zero-order valence-corrected chi connectivity index (χ0v) is 9.20. The number of thiocarbonyl (C=S) groups is 1. The standard InChI is InChI=1S/C10H10N4OS/c11-10(16)8-2-1-3-9(13-8)12-6-7-4-5-15-14-7/h1-5H,6H2,(H2,11,16)(H,12,13). The van der Waals surface area contributed by atoms with Gasteiger partial charge in [-0.25, -0.2) is 4.98 Å². The van der Waals surface area contributed by atoms with Crippen molar-refractivity contribution in [1.82, 2.24) is 10.1 Å². The van der Waals surface area contributed by atoms with Crippen LogP contribution in [0.25, 0.3) is 0 Å². The van der Waals surface area contributed by atoms with E-state index in [0.717, 1.165) is 5.69 Å². The highest BCUT2D eigenvalue weighted by Gasteiger charge is 2.01. The minimum absolute atomic E-state index is 0.282. The summed E-state index contributed by atoms with van der Waals surface area (Å²) < 4.78 is 4.71. The Morgan fingerprint density at radius 2 is 2.31 bits per heavy atom. The number of rotatable bonds is 4. The molecule has 2 aromatic rings. The molecule has 0 saturated heterocycles. The number of aromatic nitrogens is 2. The molecule has 0 aromatic carbocycles. The van der Waals surface area contributed by atoms with Crippen molar-refractivity contribution in [2.75, 3.05) is 5.32 Å². The van der Waals surface area contributed by atoms with Crippen LogP contribution in [0, 0.1) is 0 Å². The zero-order valence-electron chi connectivity index (χ0n) is 8.38. The van der Waals surface area contributed by atoms with E-state index in [1.807, 2.05) is 12.1 Å². The van der Waals surface area contributed by atoms with Crippen LogP contribution in [-0.2, 0) is 6.54 Å². The Morgan fingerprint density at radius 3 is 3.00 bits per heavy atom. The number of nitrogens with two attached hydrogens (primary N) is 1. The molecule has 0 radical (unpaired) electrons. The molecule has 0 atom stereocenters. The molecule has 0 aliphatic heterocycles. The van der Waals surface area contributed by atoms with Gasteiger partial charge in [-0.15, -0.1) is 0 Å². The quantitative estimate of drug-likeness (QED) is 0.777. The Labute approximate surface area is 97.7 Å². The van der Waals surface area contributed by atoms with E-state index in [9.17, 15) is 0 Å². The largest absolute Gasteiger partial charge is 0.388 e. The molecule has 3 N–H and O–H groups in total. The second-order valence-corrected chi connectivity index (χ2v) is 3.56. The maximum absolute atomic E-state index is 5.49. The van der Waals surface area contributed by atoms with Crippen molar-refractivity contribution >= 4 is 23.0 Å². The van der Waals surface area contributed by atoms with Crippen LogP contribution in [0.5, 0.6) is 0 Å². The van der Waals surface area contributed by atoms with E-state index < -0.39 is 0 Å². The fourth-order valence-electron chi connectivity index (χ4n) is 1.18. The monoisotopic (exact) mass is 234 g/mol. The lowest BCUT2D eigenvalue weighted by molar-refractivity contribution is 0.412. The molecule has 0 spiro atoms. The number of anilines is 1. The smallest absolute Gasteiger partial charge is 0.127 e. The molecule has 0 amide bonds. The van der Waals surface area contributed by atoms with E-state index >= 15 is 0 Å². The highest BCUT2D eigenvalue weighted by atomic mass is 32.1. The average molecular weight is 234 g/mol. The molecule has 16 heavy (non-hydrogen) atoms. The Morgan fingerprint density at radius 1 is 1.44 bits per heavy atom. The third-order valence-corrected chi connectivity index (χ3v) is 2.15. The summed E-state index contributed by atoms with van der Waals surface area (Å²) in [6.45, 7) is 0.546. The first-order valence-electron chi connectivity index (χ1n) is 4.66. The summed E-state index contributed by atoms with van der Waals surface area (Å²) in [5, 5.41) is 6.87. The molecule has 2 heterocycles. The van der Waals surface area contributed by atoms with E-state index in [1.54, 1.807) is 12.1 Å². The van der Waals surface area contributed by atoms with E-state index in [2.05, 4.69) is 15.5 Å². The van der Waals surface area contributed by atoms with E-state index in [1.165, 1.54) is 6.26 Å². The minimum atomic E-state index is 0.282.